The largest absolute Gasteiger partial charge is 0.336 e. The molecule has 1 fully saturated rings. The second-order valence-corrected chi connectivity index (χ2v) is 4.42. The van der Waals surface area contributed by atoms with Crippen molar-refractivity contribution < 1.29 is 4.52 Å². The molecule has 1 saturated heterocycles. The molecule has 2 heterocycles. The Balaban J connectivity index is 1.84. The monoisotopic (exact) mass is 225 g/mol. The van der Waals surface area contributed by atoms with Crippen LogP contribution in [0.4, 0.5) is 6.01 Å². The topological polar surface area (TPSA) is 57.4 Å². The van der Waals surface area contributed by atoms with Gasteiger partial charge in [0.15, 0.2) is 5.82 Å². The lowest BCUT2D eigenvalue weighted by atomic mass is 10.2. The van der Waals surface area contributed by atoms with Crippen LogP contribution in [0.15, 0.2) is 4.52 Å². The van der Waals surface area contributed by atoms with Crippen LogP contribution in [0, 0.1) is 6.92 Å². The second-order valence-electron chi connectivity index (χ2n) is 4.42. The van der Waals surface area contributed by atoms with Gasteiger partial charge >= 0.3 is 6.01 Å². The van der Waals surface area contributed by atoms with Crippen LogP contribution in [0.3, 0.4) is 0 Å². The van der Waals surface area contributed by atoms with E-state index in [0.717, 1.165) is 26.2 Å². The van der Waals surface area contributed by atoms with Gasteiger partial charge in [-0.1, -0.05) is 5.16 Å². The Hall–Kier alpha value is -1.14. The molecule has 0 bridgehead atoms. The number of anilines is 1. The number of rotatable bonds is 3. The molecule has 0 aliphatic carbocycles. The maximum absolute atomic E-state index is 5.01. The van der Waals surface area contributed by atoms with Gasteiger partial charge in [0.2, 0.25) is 0 Å². The molecule has 0 amide bonds. The maximum Gasteiger partial charge on any atom is 0.321 e. The molecule has 0 spiro atoms. The lowest BCUT2D eigenvalue weighted by molar-refractivity contribution is 0.121. The smallest absolute Gasteiger partial charge is 0.321 e. The lowest BCUT2D eigenvalue weighted by Gasteiger charge is -2.37. The minimum Gasteiger partial charge on any atom is -0.336 e. The van der Waals surface area contributed by atoms with Crippen molar-refractivity contribution in [1.82, 2.24) is 19.9 Å². The van der Waals surface area contributed by atoms with Gasteiger partial charge in [0, 0.05) is 32.2 Å². The summed E-state index contributed by atoms with van der Waals surface area (Å²) in [5.74, 6) is 0.664. The zero-order valence-electron chi connectivity index (χ0n) is 10.1. The molecular formula is C10H19N5O. The van der Waals surface area contributed by atoms with Gasteiger partial charge in [-0.3, -0.25) is 4.90 Å². The second kappa shape index (κ2) is 4.80. The van der Waals surface area contributed by atoms with E-state index in [0.29, 0.717) is 17.9 Å². The van der Waals surface area contributed by atoms with Gasteiger partial charge in [-0.15, -0.1) is 0 Å². The summed E-state index contributed by atoms with van der Waals surface area (Å²) in [6.45, 7) is 5.95. The standard InChI is InChI=1S/C10H19N5O/c1-8-12-10(16-13-8)11-6-9-7-14(2)4-5-15(9)3/h9H,4-7H2,1-3H3,(H,11,12,13). The Labute approximate surface area is 95.6 Å². The van der Waals surface area contributed by atoms with Crippen LogP contribution in [0.2, 0.25) is 0 Å². The molecule has 2 rings (SSSR count). The Morgan fingerprint density at radius 3 is 2.94 bits per heavy atom. The molecule has 1 aromatic rings. The number of nitrogens with zero attached hydrogens (tertiary/aromatic N) is 4. The zero-order valence-corrected chi connectivity index (χ0v) is 10.1. The quantitative estimate of drug-likeness (QED) is 0.783. The highest BCUT2D eigenvalue weighted by Gasteiger charge is 2.22. The molecule has 16 heavy (non-hydrogen) atoms. The molecule has 6 nitrogen and oxygen atoms in total. The lowest BCUT2D eigenvalue weighted by Crippen LogP contribution is -2.52. The Morgan fingerprint density at radius 1 is 1.44 bits per heavy atom. The molecule has 1 aliphatic heterocycles. The van der Waals surface area contributed by atoms with E-state index in [2.05, 4.69) is 39.4 Å². The third kappa shape index (κ3) is 2.70. The van der Waals surface area contributed by atoms with Crippen molar-refractivity contribution in [3.8, 4) is 0 Å². The van der Waals surface area contributed by atoms with Crippen molar-refractivity contribution in [2.75, 3.05) is 45.6 Å². The van der Waals surface area contributed by atoms with Crippen LogP contribution in [0.25, 0.3) is 0 Å². The number of likely N-dealkylation sites (N-methyl/N-ethyl adjacent to an activating group) is 2. The molecule has 0 aromatic carbocycles. The Morgan fingerprint density at radius 2 is 2.25 bits per heavy atom. The van der Waals surface area contributed by atoms with Gasteiger partial charge in [-0.25, -0.2) is 0 Å². The summed E-state index contributed by atoms with van der Waals surface area (Å²) in [4.78, 5) is 8.81. The number of hydrogen-bond acceptors (Lipinski definition) is 6. The molecule has 1 aromatic heterocycles. The van der Waals surface area contributed by atoms with Crippen LogP contribution >= 0.6 is 0 Å². The third-order valence-electron chi connectivity index (χ3n) is 3.00. The molecule has 1 aliphatic rings. The zero-order chi connectivity index (χ0) is 11.5. The van der Waals surface area contributed by atoms with E-state index in [4.69, 9.17) is 4.52 Å². The average Bonchev–Trinajstić information content (AvgIpc) is 2.66. The molecule has 1 unspecified atom stereocenters. The number of hydrogen-bond donors (Lipinski definition) is 1. The summed E-state index contributed by atoms with van der Waals surface area (Å²) in [6, 6.07) is 1.00. The maximum atomic E-state index is 5.01. The van der Waals surface area contributed by atoms with Gasteiger partial charge in [0.25, 0.3) is 0 Å². The molecule has 0 radical (unpaired) electrons. The summed E-state index contributed by atoms with van der Waals surface area (Å²) in [5, 5.41) is 6.92. The SMILES string of the molecule is Cc1noc(NCC2CN(C)CCN2C)n1. The van der Waals surface area contributed by atoms with Gasteiger partial charge in [-0.05, 0) is 21.0 Å². The van der Waals surface area contributed by atoms with Crippen LogP contribution in [-0.2, 0) is 0 Å². The number of aryl methyl sites for hydroxylation is 1. The molecular weight excluding hydrogens is 206 g/mol. The normalized spacial score (nSPS) is 23.6. The summed E-state index contributed by atoms with van der Waals surface area (Å²) in [5.41, 5.74) is 0. The molecule has 1 atom stereocenters. The van der Waals surface area contributed by atoms with Gasteiger partial charge < -0.3 is 14.7 Å². The van der Waals surface area contributed by atoms with Gasteiger partial charge in [0.1, 0.15) is 0 Å². The van der Waals surface area contributed by atoms with E-state index in [1.54, 1.807) is 0 Å². The first-order valence-corrected chi connectivity index (χ1v) is 5.58. The van der Waals surface area contributed by atoms with Crippen LogP contribution in [-0.4, -0.2) is 66.3 Å². The molecule has 1 N–H and O–H groups in total. The first-order chi connectivity index (χ1) is 7.65. The van der Waals surface area contributed by atoms with Gasteiger partial charge in [-0.2, -0.15) is 4.98 Å². The number of piperazine rings is 1. The van der Waals surface area contributed by atoms with E-state index in [1.165, 1.54) is 0 Å². The van der Waals surface area contributed by atoms with E-state index in [9.17, 15) is 0 Å². The summed E-state index contributed by atoms with van der Waals surface area (Å²) < 4.78 is 5.01. The highest BCUT2D eigenvalue weighted by molar-refractivity contribution is 5.18. The summed E-state index contributed by atoms with van der Waals surface area (Å²) in [6.07, 6.45) is 0. The average molecular weight is 225 g/mol. The van der Waals surface area contributed by atoms with Crippen molar-refractivity contribution in [2.24, 2.45) is 0 Å². The first kappa shape index (κ1) is 11.3. The highest BCUT2D eigenvalue weighted by Crippen LogP contribution is 2.08. The minimum atomic E-state index is 0.492. The van der Waals surface area contributed by atoms with E-state index >= 15 is 0 Å². The predicted molar refractivity (Wildman–Crippen MR) is 61.4 cm³/mol. The third-order valence-corrected chi connectivity index (χ3v) is 3.00. The van der Waals surface area contributed by atoms with Crippen molar-refractivity contribution in [3.05, 3.63) is 5.82 Å². The van der Waals surface area contributed by atoms with Crippen molar-refractivity contribution in [1.29, 1.82) is 0 Å². The first-order valence-electron chi connectivity index (χ1n) is 5.58. The summed E-state index contributed by atoms with van der Waals surface area (Å²) >= 11 is 0. The predicted octanol–water partition coefficient (Wildman–Crippen LogP) is 0.0357. The molecule has 90 valence electrons. The fourth-order valence-corrected chi connectivity index (χ4v) is 1.90. The highest BCUT2D eigenvalue weighted by atomic mass is 16.5. The number of nitrogens with one attached hydrogen (secondary N) is 1. The van der Waals surface area contributed by atoms with Crippen molar-refractivity contribution in [3.63, 3.8) is 0 Å². The fraction of sp³-hybridized carbons (Fsp3) is 0.800. The molecule has 0 saturated carbocycles. The Bertz CT molecular complexity index is 340. The van der Waals surface area contributed by atoms with Crippen molar-refractivity contribution in [2.45, 2.75) is 13.0 Å². The van der Waals surface area contributed by atoms with Gasteiger partial charge in [0.05, 0.1) is 0 Å². The van der Waals surface area contributed by atoms with E-state index in [1.807, 2.05) is 6.92 Å². The molecule has 6 heteroatoms. The Kier molecular flexibility index (Phi) is 3.40. The van der Waals surface area contributed by atoms with Crippen molar-refractivity contribution >= 4 is 6.01 Å². The minimum absolute atomic E-state index is 0.492. The van der Waals surface area contributed by atoms with Crippen LogP contribution in [0.1, 0.15) is 5.82 Å². The van der Waals surface area contributed by atoms with E-state index < -0.39 is 0 Å². The fourth-order valence-electron chi connectivity index (χ4n) is 1.90. The van der Waals surface area contributed by atoms with Crippen LogP contribution in [0.5, 0.6) is 0 Å². The summed E-state index contributed by atoms with van der Waals surface area (Å²) in [7, 11) is 4.30. The van der Waals surface area contributed by atoms with E-state index in [-0.39, 0.29) is 0 Å². The number of aromatic nitrogens is 2. The van der Waals surface area contributed by atoms with Crippen LogP contribution < -0.4 is 5.32 Å².